The smallest absolute Gasteiger partial charge is 0.130 e. The highest BCUT2D eigenvalue weighted by Gasteiger charge is 2.11. The molecule has 0 amide bonds. The molecule has 1 atom stereocenters. The van der Waals surface area contributed by atoms with E-state index in [0.717, 1.165) is 4.48 Å². The van der Waals surface area contributed by atoms with Gasteiger partial charge in [-0.05, 0) is 13.8 Å². The van der Waals surface area contributed by atoms with Gasteiger partial charge < -0.3 is 25.8 Å². The molecule has 0 aliphatic rings. The first-order valence-electron chi connectivity index (χ1n) is 5.30. The largest absolute Gasteiger partial charge is 0.678 e. The highest BCUT2D eigenvalue weighted by Crippen LogP contribution is 2.59. The van der Waals surface area contributed by atoms with Crippen molar-refractivity contribution in [1.82, 2.24) is 0 Å². The Balaban J connectivity index is 0. The van der Waals surface area contributed by atoms with E-state index in [0.29, 0.717) is 0 Å². The van der Waals surface area contributed by atoms with Gasteiger partial charge in [-0.25, -0.2) is 0 Å². The number of hydrogen-bond donors (Lipinski definition) is 0. The molecule has 0 aliphatic heterocycles. The third-order valence-corrected chi connectivity index (χ3v) is 5.37. The standard InChI is InChI=1S/C6H15O2PS2.C4H12N/c1-5(2)8-9(7,10)11-6(3)4;1-5(2,3)4/h5-6H,1-4H3,(H,7,10);1-4H3/q;+1/p-1. The molecule has 0 aromatic carbocycles. The Morgan fingerprint density at radius 3 is 1.62 bits per heavy atom. The van der Waals surface area contributed by atoms with Crippen molar-refractivity contribution in [3.05, 3.63) is 0 Å². The normalized spacial score (nSPS) is 15.7. The van der Waals surface area contributed by atoms with Crippen molar-refractivity contribution in [2.75, 3.05) is 28.2 Å². The zero-order valence-corrected chi connectivity index (χ0v) is 14.2. The van der Waals surface area contributed by atoms with Gasteiger partial charge in [0.15, 0.2) is 0 Å². The first kappa shape index (κ1) is 19.2. The van der Waals surface area contributed by atoms with Crippen molar-refractivity contribution in [2.24, 2.45) is 0 Å². The molecule has 0 bridgehead atoms. The minimum absolute atomic E-state index is 0.0513. The van der Waals surface area contributed by atoms with Crippen LogP contribution in [0.5, 0.6) is 0 Å². The predicted octanol–water partition coefficient (Wildman–Crippen LogP) is 3.53. The second kappa shape index (κ2) is 8.04. The lowest BCUT2D eigenvalue weighted by molar-refractivity contribution is -0.849. The molecule has 0 heterocycles. The lowest BCUT2D eigenvalue weighted by Gasteiger charge is -2.26. The van der Waals surface area contributed by atoms with E-state index in [9.17, 15) is 4.57 Å². The zero-order chi connectivity index (χ0) is 13.6. The Bertz CT molecular complexity index is 207. The van der Waals surface area contributed by atoms with Gasteiger partial charge in [-0.15, -0.1) is 0 Å². The molecule has 0 rings (SSSR count). The van der Waals surface area contributed by atoms with Crippen LogP contribution in [-0.2, 0) is 21.3 Å². The summed E-state index contributed by atoms with van der Waals surface area (Å²) in [6.45, 7) is 7.57. The summed E-state index contributed by atoms with van der Waals surface area (Å²) in [5.41, 5.74) is 0. The lowest BCUT2D eigenvalue weighted by atomic mass is 10.5. The molecular formula is C10H26NO2PS2. The Morgan fingerprint density at radius 1 is 1.12 bits per heavy atom. The van der Waals surface area contributed by atoms with Crippen molar-refractivity contribution in [3.8, 4) is 0 Å². The first-order valence-corrected chi connectivity index (χ1v) is 9.42. The van der Waals surface area contributed by atoms with E-state index < -0.39 is 5.77 Å². The van der Waals surface area contributed by atoms with Crippen LogP contribution in [0.4, 0.5) is 0 Å². The first-order chi connectivity index (χ1) is 6.83. The topological polar surface area (TPSA) is 26.3 Å². The maximum Gasteiger partial charge on any atom is 0.130 e. The van der Waals surface area contributed by atoms with Gasteiger partial charge in [0.2, 0.25) is 0 Å². The second-order valence-corrected chi connectivity index (χ2v) is 11.9. The van der Waals surface area contributed by atoms with Crippen LogP contribution in [0.1, 0.15) is 27.7 Å². The predicted molar refractivity (Wildman–Crippen MR) is 77.9 cm³/mol. The van der Waals surface area contributed by atoms with Gasteiger partial charge in [0.25, 0.3) is 0 Å². The molecule has 0 saturated carbocycles. The van der Waals surface area contributed by atoms with Crippen LogP contribution >= 0.6 is 17.2 Å². The van der Waals surface area contributed by atoms with Gasteiger partial charge in [0.1, 0.15) is 5.77 Å². The van der Waals surface area contributed by atoms with Crippen molar-refractivity contribution in [1.29, 1.82) is 0 Å². The summed E-state index contributed by atoms with van der Waals surface area (Å²) in [6.07, 6.45) is -0.0513. The molecule has 1 unspecified atom stereocenters. The van der Waals surface area contributed by atoms with Crippen molar-refractivity contribution >= 4 is 29.4 Å². The van der Waals surface area contributed by atoms with E-state index in [-0.39, 0.29) is 11.4 Å². The van der Waals surface area contributed by atoms with Crippen LogP contribution in [0.3, 0.4) is 0 Å². The number of nitrogens with zero attached hydrogens (tertiary/aromatic N) is 1. The minimum atomic E-state index is -2.80. The van der Waals surface area contributed by atoms with Crippen LogP contribution in [0.2, 0.25) is 0 Å². The highest BCUT2D eigenvalue weighted by molar-refractivity contribution is 8.79. The fraction of sp³-hybridized carbons (Fsp3) is 1.00. The van der Waals surface area contributed by atoms with Crippen molar-refractivity contribution in [2.45, 2.75) is 39.0 Å². The third kappa shape index (κ3) is 24.2. The number of quaternary nitrogens is 1. The Labute approximate surface area is 110 Å². The van der Waals surface area contributed by atoms with Crippen LogP contribution in [0.25, 0.3) is 0 Å². The summed E-state index contributed by atoms with van der Waals surface area (Å²) in [6, 6.07) is 0. The monoisotopic (exact) mass is 287 g/mol. The third-order valence-electron chi connectivity index (χ3n) is 0.680. The Kier molecular flexibility index (Phi) is 9.65. The molecule has 100 valence electrons. The van der Waals surface area contributed by atoms with E-state index in [1.165, 1.54) is 11.4 Å². The fourth-order valence-corrected chi connectivity index (χ4v) is 5.90. The average Bonchev–Trinajstić information content (AvgIpc) is 1.72. The molecule has 0 spiro atoms. The summed E-state index contributed by atoms with van der Waals surface area (Å²) in [7, 11) is 8.50. The molecule has 0 saturated heterocycles. The summed E-state index contributed by atoms with van der Waals surface area (Å²) in [4.78, 5) is 0. The van der Waals surface area contributed by atoms with Gasteiger partial charge in [0, 0.05) is 5.25 Å². The van der Waals surface area contributed by atoms with Gasteiger partial charge in [-0.2, -0.15) is 0 Å². The Morgan fingerprint density at radius 2 is 1.44 bits per heavy atom. The van der Waals surface area contributed by atoms with Crippen LogP contribution in [0.15, 0.2) is 0 Å². The van der Waals surface area contributed by atoms with Gasteiger partial charge in [-0.1, -0.05) is 25.2 Å². The molecule has 6 heteroatoms. The molecule has 0 fully saturated rings. The van der Waals surface area contributed by atoms with E-state index in [1.807, 2.05) is 27.7 Å². The van der Waals surface area contributed by atoms with E-state index >= 15 is 0 Å². The van der Waals surface area contributed by atoms with E-state index in [1.54, 1.807) is 0 Å². The Hall–Kier alpha value is 0.850. The van der Waals surface area contributed by atoms with Crippen molar-refractivity contribution < 1.29 is 13.6 Å². The molecule has 0 radical (unpaired) electrons. The molecule has 0 aromatic rings. The summed E-state index contributed by atoms with van der Waals surface area (Å²) >= 11 is 6.03. The maximum absolute atomic E-state index is 11.4. The van der Waals surface area contributed by atoms with Gasteiger partial charge >= 0.3 is 0 Å². The molecule has 0 aromatic heterocycles. The summed E-state index contributed by atoms with van der Waals surface area (Å²) in [5, 5.41) is 0.261. The SMILES string of the molecule is CC(C)OP(=O)([S-])SC(C)C.C[N+](C)(C)C. The van der Waals surface area contributed by atoms with E-state index in [2.05, 4.69) is 28.2 Å². The minimum Gasteiger partial charge on any atom is -0.678 e. The summed E-state index contributed by atoms with van der Waals surface area (Å²) < 4.78 is 17.5. The van der Waals surface area contributed by atoms with Crippen LogP contribution in [-0.4, -0.2) is 44.0 Å². The molecule has 0 aliphatic carbocycles. The number of hydrogen-bond acceptors (Lipinski definition) is 4. The molecular weight excluding hydrogens is 261 g/mol. The molecule has 16 heavy (non-hydrogen) atoms. The molecule has 3 nitrogen and oxygen atoms in total. The van der Waals surface area contributed by atoms with Gasteiger partial charge in [-0.3, -0.25) is 0 Å². The molecule has 0 N–H and O–H groups in total. The summed E-state index contributed by atoms with van der Waals surface area (Å²) in [5.74, 6) is -2.80. The number of rotatable bonds is 4. The quantitative estimate of drug-likeness (QED) is 0.449. The van der Waals surface area contributed by atoms with Crippen LogP contribution in [0, 0.1) is 0 Å². The average molecular weight is 287 g/mol. The zero-order valence-electron chi connectivity index (χ0n) is 11.7. The second-order valence-electron chi connectivity index (χ2n) is 5.44. The van der Waals surface area contributed by atoms with E-state index in [4.69, 9.17) is 16.8 Å². The fourth-order valence-electron chi connectivity index (χ4n) is 0.541. The van der Waals surface area contributed by atoms with Gasteiger partial charge in [0.05, 0.1) is 34.3 Å². The maximum atomic E-state index is 11.4. The van der Waals surface area contributed by atoms with Crippen LogP contribution < -0.4 is 0 Å². The lowest BCUT2D eigenvalue weighted by Crippen LogP contribution is -2.27. The highest BCUT2D eigenvalue weighted by atomic mass is 33.1. The van der Waals surface area contributed by atoms with Crippen molar-refractivity contribution in [3.63, 3.8) is 0 Å².